The number of nitrogens with one attached hydrogen (secondary N) is 2. The number of hydrogen-bond donors (Lipinski definition) is 3. The van der Waals surface area contributed by atoms with Gasteiger partial charge in [-0.2, -0.15) is 0 Å². The molecule has 0 aliphatic carbocycles. The third-order valence-corrected chi connectivity index (χ3v) is 3.92. The molecule has 3 N–H and O–H groups in total. The van der Waals surface area contributed by atoms with Crippen LogP contribution in [0.15, 0.2) is 48.5 Å². The summed E-state index contributed by atoms with van der Waals surface area (Å²) in [6, 6.07) is 16.2. The first kappa shape index (κ1) is 18.0. The summed E-state index contributed by atoms with van der Waals surface area (Å²) in [5.41, 5.74) is 4.05. The summed E-state index contributed by atoms with van der Waals surface area (Å²) in [5.74, 6) is -0.177. The second kappa shape index (κ2) is 9.08. The average Bonchev–Trinajstić information content (AvgIpc) is 2.60. The summed E-state index contributed by atoms with van der Waals surface area (Å²) in [5, 5.41) is 14.9. The lowest BCUT2D eigenvalue weighted by Gasteiger charge is -2.17. The smallest absolute Gasteiger partial charge is 0.251 e. The van der Waals surface area contributed by atoms with Gasteiger partial charge in [0.15, 0.2) is 0 Å². The zero-order valence-electron chi connectivity index (χ0n) is 14.4. The first-order chi connectivity index (χ1) is 11.6. The summed E-state index contributed by atoms with van der Waals surface area (Å²) in [4.78, 5) is 12.0. The number of hydrogen-bond acceptors (Lipinski definition) is 3. The third kappa shape index (κ3) is 5.10. The van der Waals surface area contributed by atoms with Crippen molar-refractivity contribution < 1.29 is 9.90 Å². The molecule has 0 saturated heterocycles. The van der Waals surface area contributed by atoms with E-state index >= 15 is 0 Å². The van der Waals surface area contributed by atoms with Gasteiger partial charge in [-0.3, -0.25) is 4.79 Å². The van der Waals surface area contributed by atoms with Gasteiger partial charge in [-0.25, -0.2) is 0 Å². The molecule has 2 rings (SSSR count). The highest BCUT2D eigenvalue weighted by Gasteiger charge is 2.08. The Morgan fingerprint density at radius 1 is 1.17 bits per heavy atom. The molecule has 2 aromatic rings. The van der Waals surface area contributed by atoms with Crippen molar-refractivity contribution in [3.05, 3.63) is 65.2 Å². The predicted octanol–water partition coefficient (Wildman–Crippen LogP) is 3.53. The number of aryl methyl sites for hydroxylation is 1. The highest BCUT2D eigenvalue weighted by atomic mass is 16.3. The van der Waals surface area contributed by atoms with Crippen molar-refractivity contribution >= 4 is 11.6 Å². The predicted molar refractivity (Wildman–Crippen MR) is 98.3 cm³/mol. The Kier molecular flexibility index (Phi) is 6.82. The highest BCUT2D eigenvalue weighted by Crippen LogP contribution is 2.21. The lowest BCUT2D eigenvalue weighted by molar-refractivity contribution is 0.0945. The fourth-order valence-corrected chi connectivity index (χ4v) is 2.62. The number of amides is 1. The van der Waals surface area contributed by atoms with Gasteiger partial charge in [0.1, 0.15) is 0 Å². The number of aliphatic hydroxyl groups excluding tert-OH is 1. The van der Waals surface area contributed by atoms with Crippen LogP contribution >= 0.6 is 0 Å². The SMILES string of the molecule is CCCc1ccc(C(C)Nc2cccc(C(=O)NCCO)c2)cc1. The fraction of sp³-hybridized carbons (Fsp3) is 0.350. The maximum Gasteiger partial charge on any atom is 0.251 e. The monoisotopic (exact) mass is 326 g/mol. The Labute approximate surface area is 143 Å². The summed E-state index contributed by atoms with van der Waals surface area (Å²) in [7, 11) is 0. The van der Waals surface area contributed by atoms with Crippen LogP contribution in [0.3, 0.4) is 0 Å². The molecular weight excluding hydrogens is 300 g/mol. The molecule has 1 atom stereocenters. The standard InChI is InChI=1S/C20H26N2O2/c1-3-5-16-8-10-17(11-9-16)15(2)22-19-7-4-6-18(14-19)20(24)21-12-13-23/h4,6-11,14-15,22-23H,3,5,12-13H2,1-2H3,(H,21,24). The van der Waals surface area contributed by atoms with Gasteiger partial charge in [0.05, 0.1) is 6.61 Å². The molecule has 1 unspecified atom stereocenters. The van der Waals surface area contributed by atoms with E-state index in [9.17, 15) is 4.79 Å². The quantitative estimate of drug-likeness (QED) is 0.695. The van der Waals surface area contributed by atoms with Crippen LogP contribution in [-0.2, 0) is 6.42 Å². The van der Waals surface area contributed by atoms with Crippen molar-refractivity contribution in [3.8, 4) is 0 Å². The van der Waals surface area contributed by atoms with Gasteiger partial charge in [-0.05, 0) is 42.7 Å². The maximum atomic E-state index is 12.0. The van der Waals surface area contributed by atoms with Crippen LogP contribution in [0.2, 0.25) is 0 Å². The third-order valence-electron chi connectivity index (χ3n) is 3.92. The van der Waals surface area contributed by atoms with Gasteiger partial charge < -0.3 is 15.7 Å². The lowest BCUT2D eigenvalue weighted by atomic mass is 10.0. The lowest BCUT2D eigenvalue weighted by Crippen LogP contribution is -2.26. The number of carbonyl (C=O) groups excluding carboxylic acids is 1. The minimum Gasteiger partial charge on any atom is -0.395 e. The van der Waals surface area contributed by atoms with E-state index in [1.807, 2.05) is 18.2 Å². The average molecular weight is 326 g/mol. The van der Waals surface area contributed by atoms with E-state index in [-0.39, 0.29) is 25.1 Å². The summed E-state index contributed by atoms with van der Waals surface area (Å²) in [6.07, 6.45) is 2.26. The van der Waals surface area contributed by atoms with Gasteiger partial charge in [0, 0.05) is 23.8 Å². The normalized spacial score (nSPS) is 11.8. The van der Waals surface area contributed by atoms with E-state index in [4.69, 9.17) is 5.11 Å². The molecule has 0 saturated carbocycles. The number of benzene rings is 2. The van der Waals surface area contributed by atoms with Crippen LogP contribution in [0, 0.1) is 0 Å². The molecule has 0 spiro atoms. The number of rotatable bonds is 8. The Hall–Kier alpha value is -2.33. The summed E-state index contributed by atoms with van der Waals surface area (Å²) >= 11 is 0. The molecule has 0 aliphatic rings. The zero-order valence-corrected chi connectivity index (χ0v) is 14.4. The van der Waals surface area contributed by atoms with Crippen LogP contribution < -0.4 is 10.6 Å². The first-order valence-corrected chi connectivity index (χ1v) is 8.48. The maximum absolute atomic E-state index is 12.0. The van der Waals surface area contributed by atoms with Crippen molar-refractivity contribution in [2.24, 2.45) is 0 Å². The minimum atomic E-state index is -0.177. The number of anilines is 1. The Balaban J connectivity index is 2.03. The van der Waals surface area contributed by atoms with E-state index < -0.39 is 0 Å². The van der Waals surface area contributed by atoms with Crippen LogP contribution in [0.1, 0.15) is 47.8 Å². The summed E-state index contributed by atoms with van der Waals surface area (Å²) < 4.78 is 0. The second-order valence-corrected chi connectivity index (χ2v) is 5.92. The van der Waals surface area contributed by atoms with Crippen molar-refractivity contribution in [1.29, 1.82) is 0 Å². The largest absolute Gasteiger partial charge is 0.395 e. The molecule has 1 amide bonds. The molecule has 128 valence electrons. The second-order valence-electron chi connectivity index (χ2n) is 5.92. The fourth-order valence-electron chi connectivity index (χ4n) is 2.62. The molecule has 2 aromatic carbocycles. The number of carbonyl (C=O) groups is 1. The van der Waals surface area contributed by atoms with Gasteiger partial charge in [0.25, 0.3) is 5.91 Å². The van der Waals surface area contributed by atoms with Crippen molar-refractivity contribution in [3.63, 3.8) is 0 Å². The first-order valence-electron chi connectivity index (χ1n) is 8.48. The molecule has 24 heavy (non-hydrogen) atoms. The highest BCUT2D eigenvalue weighted by molar-refractivity contribution is 5.95. The molecule has 0 aromatic heterocycles. The zero-order chi connectivity index (χ0) is 17.4. The van der Waals surface area contributed by atoms with Gasteiger partial charge in [-0.15, -0.1) is 0 Å². The van der Waals surface area contributed by atoms with Crippen molar-refractivity contribution in [1.82, 2.24) is 5.32 Å². The van der Waals surface area contributed by atoms with E-state index in [0.29, 0.717) is 5.56 Å². The van der Waals surface area contributed by atoms with E-state index in [0.717, 1.165) is 18.5 Å². The van der Waals surface area contributed by atoms with E-state index in [2.05, 4.69) is 48.7 Å². The number of aliphatic hydroxyl groups is 1. The topological polar surface area (TPSA) is 61.4 Å². The van der Waals surface area contributed by atoms with Crippen molar-refractivity contribution in [2.75, 3.05) is 18.5 Å². The van der Waals surface area contributed by atoms with E-state index in [1.165, 1.54) is 11.1 Å². The van der Waals surface area contributed by atoms with Crippen LogP contribution in [0.4, 0.5) is 5.69 Å². The van der Waals surface area contributed by atoms with Gasteiger partial charge in [0.2, 0.25) is 0 Å². The Morgan fingerprint density at radius 2 is 1.92 bits per heavy atom. The molecule has 4 nitrogen and oxygen atoms in total. The molecule has 0 aliphatic heterocycles. The van der Waals surface area contributed by atoms with Crippen LogP contribution in [0.25, 0.3) is 0 Å². The Bertz CT molecular complexity index is 653. The van der Waals surface area contributed by atoms with Crippen molar-refractivity contribution in [2.45, 2.75) is 32.7 Å². The van der Waals surface area contributed by atoms with Crippen LogP contribution in [0.5, 0.6) is 0 Å². The van der Waals surface area contributed by atoms with Crippen LogP contribution in [-0.4, -0.2) is 24.2 Å². The molecule has 4 heteroatoms. The molecule has 0 radical (unpaired) electrons. The Morgan fingerprint density at radius 3 is 2.58 bits per heavy atom. The van der Waals surface area contributed by atoms with Gasteiger partial charge in [-0.1, -0.05) is 43.7 Å². The molecular formula is C20H26N2O2. The molecule has 0 heterocycles. The molecule has 0 bridgehead atoms. The van der Waals surface area contributed by atoms with Gasteiger partial charge >= 0.3 is 0 Å². The minimum absolute atomic E-state index is 0.0608. The van der Waals surface area contributed by atoms with E-state index in [1.54, 1.807) is 6.07 Å². The summed E-state index contributed by atoms with van der Waals surface area (Å²) in [6.45, 7) is 4.49. The molecule has 0 fully saturated rings.